The molecule has 1 aromatic heterocycles. The Hall–Kier alpha value is -3.37. The molecule has 7 nitrogen and oxygen atoms in total. The lowest BCUT2D eigenvalue weighted by Crippen LogP contribution is -2.21. The summed E-state index contributed by atoms with van der Waals surface area (Å²) in [5.41, 5.74) is -0.145. The van der Waals surface area contributed by atoms with Gasteiger partial charge in [0.1, 0.15) is 5.75 Å². The molecule has 186 valence electrons. The van der Waals surface area contributed by atoms with Gasteiger partial charge >= 0.3 is 6.18 Å². The largest absolute Gasteiger partial charge is 0.439 e. The molecular formula is C24H25ClF3N5O2. The molecule has 0 aliphatic heterocycles. The van der Waals surface area contributed by atoms with E-state index in [4.69, 9.17) is 16.3 Å². The summed E-state index contributed by atoms with van der Waals surface area (Å²) in [5, 5.41) is 5.18. The van der Waals surface area contributed by atoms with Crippen LogP contribution in [0.5, 0.6) is 11.6 Å². The highest BCUT2D eigenvalue weighted by atomic mass is 35.5. The van der Waals surface area contributed by atoms with Crippen molar-refractivity contribution in [3.05, 3.63) is 70.9 Å². The van der Waals surface area contributed by atoms with Crippen molar-refractivity contribution in [2.24, 2.45) is 0 Å². The molecule has 2 aromatic carbocycles. The summed E-state index contributed by atoms with van der Waals surface area (Å²) in [5.74, 6) is 0.933. The Bertz CT molecular complexity index is 1160. The van der Waals surface area contributed by atoms with E-state index in [2.05, 4.69) is 20.6 Å². The molecule has 35 heavy (non-hydrogen) atoms. The van der Waals surface area contributed by atoms with Crippen LogP contribution in [0.4, 0.5) is 24.8 Å². The fraction of sp³-hybridized carbons (Fsp3) is 0.292. The second-order valence-corrected chi connectivity index (χ2v) is 8.35. The second kappa shape index (κ2) is 11.9. The summed E-state index contributed by atoms with van der Waals surface area (Å²) in [6.07, 6.45) is -2.58. The summed E-state index contributed by atoms with van der Waals surface area (Å²) >= 11 is 5.62. The molecule has 0 fully saturated rings. The van der Waals surface area contributed by atoms with Crippen LogP contribution in [-0.2, 0) is 17.4 Å². The molecular weight excluding hydrogens is 483 g/mol. The third-order valence-corrected chi connectivity index (χ3v) is 5.12. The van der Waals surface area contributed by atoms with Crippen LogP contribution >= 0.6 is 11.6 Å². The average Bonchev–Trinajstić information content (AvgIpc) is 2.78. The first-order valence-corrected chi connectivity index (χ1v) is 11.1. The minimum absolute atomic E-state index is 0.0302. The number of ether oxygens (including phenoxy) is 1. The fourth-order valence-electron chi connectivity index (χ4n) is 3.06. The molecule has 11 heteroatoms. The van der Waals surface area contributed by atoms with E-state index in [0.717, 1.165) is 24.2 Å². The summed E-state index contributed by atoms with van der Waals surface area (Å²) in [4.78, 5) is 22.8. The van der Waals surface area contributed by atoms with Crippen molar-refractivity contribution in [1.29, 1.82) is 0 Å². The molecule has 1 amide bonds. The van der Waals surface area contributed by atoms with Crippen LogP contribution in [0.1, 0.15) is 17.5 Å². The molecule has 0 aliphatic rings. The number of nitrogens with one attached hydrogen (secondary N) is 2. The van der Waals surface area contributed by atoms with Crippen molar-refractivity contribution in [1.82, 2.24) is 14.9 Å². The van der Waals surface area contributed by atoms with E-state index in [0.29, 0.717) is 30.5 Å². The first-order chi connectivity index (χ1) is 16.6. The van der Waals surface area contributed by atoms with Crippen LogP contribution in [0, 0.1) is 0 Å². The van der Waals surface area contributed by atoms with Crippen molar-refractivity contribution in [3.8, 4) is 11.6 Å². The van der Waals surface area contributed by atoms with Crippen molar-refractivity contribution < 1.29 is 22.7 Å². The predicted molar refractivity (Wildman–Crippen MR) is 129 cm³/mol. The van der Waals surface area contributed by atoms with Crippen LogP contribution in [-0.4, -0.2) is 48.0 Å². The van der Waals surface area contributed by atoms with E-state index in [1.807, 2.05) is 25.1 Å². The number of amides is 1. The SMILES string of the molecule is CN(C)CCNc1nccc(Oc2cccc(CCC(=O)Nc3ccc(Cl)c(C(F)(F)F)c3)c2)n1. The van der Waals surface area contributed by atoms with Crippen LogP contribution < -0.4 is 15.4 Å². The quantitative estimate of drug-likeness (QED) is 0.378. The molecule has 0 radical (unpaired) electrons. The van der Waals surface area contributed by atoms with Gasteiger partial charge in [0, 0.05) is 37.5 Å². The van der Waals surface area contributed by atoms with Crippen molar-refractivity contribution in [3.63, 3.8) is 0 Å². The molecule has 0 saturated carbocycles. The standard InChI is InChI=1S/C24H25ClF3N5O2/c1-33(2)13-12-30-23-29-11-10-22(32-23)35-18-5-3-4-16(14-18)6-9-21(34)31-17-7-8-20(25)19(15-17)24(26,27)28/h3-5,7-8,10-11,14-15H,6,9,12-13H2,1-2H3,(H,31,34)(H,29,30,32). The van der Waals surface area contributed by atoms with Gasteiger partial charge < -0.3 is 20.3 Å². The number of hydrogen-bond donors (Lipinski definition) is 2. The molecule has 0 aliphatic carbocycles. The zero-order valence-electron chi connectivity index (χ0n) is 19.2. The minimum Gasteiger partial charge on any atom is -0.439 e. The lowest BCUT2D eigenvalue weighted by molar-refractivity contribution is -0.137. The maximum absolute atomic E-state index is 13.0. The van der Waals surface area contributed by atoms with Gasteiger partial charge in [-0.3, -0.25) is 4.79 Å². The molecule has 3 aromatic rings. The van der Waals surface area contributed by atoms with Gasteiger partial charge in [-0.25, -0.2) is 4.98 Å². The number of carbonyl (C=O) groups is 1. The lowest BCUT2D eigenvalue weighted by Gasteiger charge is -2.12. The van der Waals surface area contributed by atoms with Crippen molar-refractivity contribution >= 4 is 29.1 Å². The van der Waals surface area contributed by atoms with E-state index >= 15 is 0 Å². The predicted octanol–water partition coefficient (Wildman–Crippen LogP) is 5.49. The van der Waals surface area contributed by atoms with Gasteiger partial charge in [-0.2, -0.15) is 18.2 Å². The molecule has 3 rings (SSSR count). The number of rotatable bonds is 10. The molecule has 0 atom stereocenters. The highest BCUT2D eigenvalue weighted by Crippen LogP contribution is 2.36. The maximum Gasteiger partial charge on any atom is 0.417 e. The van der Waals surface area contributed by atoms with Gasteiger partial charge in [0.2, 0.25) is 17.7 Å². The first-order valence-electron chi connectivity index (χ1n) is 10.8. The number of alkyl halides is 3. The summed E-state index contributed by atoms with van der Waals surface area (Å²) in [7, 11) is 3.94. The van der Waals surface area contributed by atoms with Crippen LogP contribution in [0.3, 0.4) is 0 Å². The van der Waals surface area contributed by atoms with E-state index < -0.39 is 22.7 Å². The Labute approximate surface area is 206 Å². The third kappa shape index (κ3) is 8.41. The summed E-state index contributed by atoms with van der Waals surface area (Å²) in [6, 6.07) is 12.0. The van der Waals surface area contributed by atoms with Gasteiger partial charge in [-0.15, -0.1) is 0 Å². The Morgan fingerprint density at radius 1 is 1.14 bits per heavy atom. The Kier molecular flexibility index (Phi) is 8.89. The second-order valence-electron chi connectivity index (χ2n) is 7.94. The van der Waals surface area contributed by atoms with Crippen molar-refractivity contribution in [2.45, 2.75) is 19.0 Å². The topological polar surface area (TPSA) is 79.4 Å². The molecule has 2 N–H and O–H groups in total. The monoisotopic (exact) mass is 507 g/mol. The van der Waals surface area contributed by atoms with Crippen LogP contribution in [0.25, 0.3) is 0 Å². The Balaban J connectivity index is 1.56. The van der Waals surface area contributed by atoms with Gasteiger partial charge in [-0.1, -0.05) is 23.7 Å². The number of nitrogens with zero attached hydrogens (tertiary/aromatic N) is 3. The number of likely N-dealkylation sites (N-methyl/N-ethyl adjacent to an activating group) is 1. The van der Waals surface area contributed by atoms with Gasteiger partial charge in [0.15, 0.2) is 0 Å². The zero-order chi connectivity index (χ0) is 25.4. The van der Waals surface area contributed by atoms with E-state index in [1.54, 1.807) is 30.5 Å². The van der Waals surface area contributed by atoms with Gasteiger partial charge in [-0.05, 0) is 56.4 Å². The number of aryl methyl sites for hydroxylation is 1. The third-order valence-electron chi connectivity index (χ3n) is 4.79. The first kappa shape index (κ1) is 26.2. The number of halogens is 4. The number of benzene rings is 2. The number of hydrogen-bond acceptors (Lipinski definition) is 6. The summed E-state index contributed by atoms with van der Waals surface area (Å²) < 4.78 is 44.9. The lowest BCUT2D eigenvalue weighted by atomic mass is 10.1. The minimum atomic E-state index is -4.61. The molecule has 0 unspecified atom stereocenters. The molecule has 0 bridgehead atoms. The normalized spacial score (nSPS) is 11.4. The highest BCUT2D eigenvalue weighted by molar-refractivity contribution is 6.31. The Morgan fingerprint density at radius 3 is 2.69 bits per heavy atom. The number of anilines is 2. The van der Waals surface area contributed by atoms with E-state index in [9.17, 15) is 18.0 Å². The molecule has 1 heterocycles. The Morgan fingerprint density at radius 2 is 1.94 bits per heavy atom. The van der Waals surface area contributed by atoms with Crippen molar-refractivity contribution in [2.75, 3.05) is 37.8 Å². The van der Waals surface area contributed by atoms with Gasteiger partial charge in [0.05, 0.1) is 10.6 Å². The molecule has 0 saturated heterocycles. The molecule has 0 spiro atoms. The number of carbonyl (C=O) groups excluding carboxylic acids is 1. The fourth-order valence-corrected chi connectivity index (χ4v) is 3.29. The smallest absolute Gasteiger partial charge is 0.417 e. The van der Waals surface area contributed by atoms with Crippen LogP contribution in [0.15, 0.2) is 54.7 Å². The van der Waals surface area contributed by atoms with Gasteiger partial charge in [0.25, 0.3) is 0 Å². The maximum atomic E-state index is 13.0. The van der Waals surface area contributed by atoms with E-state index in [1.165, 1.54) is 6.07 Å². The van der Waals surface area contributed by atoms with E-state index in [-0.39, 0.29) is 12.1 Å². The van der Waals surface area contributed by atoms with Crippen LogP contribution in [0.2, 0.25) is 5.02 Å². The zero-order valence-corrected chi connectivity index (χ0v) is 20.0. The highest BCUT2D eigenvalue weighted by Gasteiger charge is 2.33. The average molecular weight is 508 g/mol. The summed E-state index contributed by atoms with van der Waals surface area (Å²) in [6.45, 7) is 1.51. The number of aromatic nitrogens is 2.